The number of urea groups is 1. The minimum atomic E-state index is -0.339. The van der Waals surface area contributed by atoms with E-state index < -0.39 is 0 Å². The summed E-state index contributed by atoms with van der Waals surface area (Å²) < 4.78 is 0. The second-order valence-corrected chi connectivity index (χ2v) is 4.94. The van der Waals surface area contributed by atoms with Gasteiger partial charge < -0.3 is 10.6 Å². The molecular weight excluding hydrogens is 286 g/mol. The SMILES string of the molecule is O=C(Nc1cccc(Cl)c1)Nc1cnc2ccccc2c1. The van der Waals surface area contributed by atoms with Crippen LogP contribution in [0.25, 0.3) is 10.9 Å². The fourth-order valence-electron chi connectivity index (χ4n) is 2.00. The molecule has 2 N–H and O–H groups in total. The Labute approximate surface area is 126 Å². The van der Waals surface area contributed by atoms with Crippen molar-refractivity contribution in [3.05, 3.63) is 65.8 Å². The van der Waals surface area contributed by atoms with Crippen LogP contribution in [0.5, 0.6) is 0 Å². The van der Waals surface area contributed by atoms with Gasteiger partial charge in [0.1, 0.15) is 0 Å². The number of nitrogens with zero attached hydrogens (tertiary/aromatic N) is 1. The van der Waals surface area contributed by atoms with E-state index >= 15 is 0 Å². The molecule has 0 saturated heterocycles. The van der Waals surface area contributed by atoms with E-state index in [9.17, 15) is 4.79 Å². The predicted octanol–water partition coefficient (Wildman–Crippen LogP) is 4.53. The lowest BCUT2D eigenvalue weighted by Crippen LogP contribution is -2.19. The van der Waals surface area contributed by atoms with Crippen LogP contribution in [0.15, 0.2) is 60.8 Å². The number of nitrogens with one attached hydrogen (secondary N) is 2. The zero-order chi connectivity index (χ0) is 14.7. The van der Waals surface area contributed by atoms with E-state index in [-0.39, 0.29) is 6.03 Å². The third kappa shape index (κ3) is 3.30. The molecule has 0 fully saturated rings. The van der Waals surface area contributed by atoms with E-state index in [1.54, 1.807) is 30.5 Å². The van der Waals surface area contributed by atoms with Crippen LogP contribution in [0.4, 0.5) is 16.2 Å². The molecule has 2 aromatic carbocycles. The van der Waals surface area contributed by atoms with Crippen molar-refractivity contribution < 1.29 is 4.79 Å². The van der Waals surface area contributed by atoms with Crippen molar-refractivity contribution in [1.29, 1.82) is 0 Å². The Balaban J connectivity index is 1.74. The van der Waals surface area contributed by atoms with E-state index in [1.165, 1.54) is 0 Å². The number of fused-ring (bicyclic) bond motifs is 1. The van der Waals surface area contributed by atoms with Crippen LogP contribution in [0.3, 0.4) is 0 Å². The van der Waals surface area contributed by atoms with Gasteiger partial charge in [-0.15, -0.1) is 0 Å². The quantitative estimate of drug-likeness (QED) is 0.730. The van der Waals surface area contributed by atoms with Crippen molar-refractivity contribution in [3.8, 4) is 0 Å². The maximum absolute atomic E-state index is 11.9. The average Bonchev–Trinajstić information content (AvgIpc) is 2.47. The number of carbonyl (C=O) groups is 1. The molecule has 0 unspecified atom stereocenters. The zero-order valence-corrected chi connectivity index (χ0v) is 11.8. The molecule has 5 heteroatoms. The normalized spacial score (nSPS) is 10.3. The highest BCUT2D eigenvalue weighted by Gasteiger charge is 2.04. The van der Waals surface area contributed by atoms with Crippen molar-refractivity contribution in [1.82, 2.24) is 4.98 Å². The van der Waals surface area contributed by atoms with Crippen LogP contribution in [-0.2, 0) is 0 Å². The number of halogens is 1. The Kier molecular flexibility index (Phi) is 3.71. The van der Waals surface area contributed by atoms with Crippen molar-refractivity contribution in [2.45, 2.75) is 0 Å². The molecule has 1 heterocycles. The first-order chi connectivity index (χ1) is 10.2. The van der Waals surface area contributed by atoms with Gasteiger partial charge in [0.05, 0.1) is 17.4 Å². The minimum Gasteiger partial charge on any atom is -0.308 e. The molecule has 0 atom stereocenters. The molecule has 0 aliphatic carbocycles. The summed E-state index contributed by atoms with van der Waals surface area (Å²) in [4.78, 5) is 16.2. The van der Waals surface area contributed by atoms with Gasteiger partial charge in [0.25, 0.3) is 0 Å². The van der Waals surface area contributed by atoms with Gasteiger partial charge in [0.2, 0.25) is 0 Å². The molecular formula is C16H12ClN3O. The molecule has 4 nitrogen and oxygen atoms in total. The highest BCUT2D eigenvalue weighted by atomic mass is 35.5. The third-order valence-corrected chi connectivity index (χ3v) is 3.17. The molecule has 0 spiro atoms. The van der Waals surface area contributed by atoms with Crippen LogP contribution in [0, 0.1) is 0 Å². The van der Waals surface area contributed by atoms with Crippen LogP contribution < -0.4 is 10.6 Å². The van der Waals surface area contributed by atoms with Crippen LogP contribution in [-0.4, -0.2) is 11.0 Å². The minimum absolute atomic E-state index is 0.339. The smallest absolute Gasteiger partial charge is 0.308 e. The van der Waals surface area contributed by atoms with Gasteiger partial charge in [-0.3, -0.25) is 4.98 Å². The molecule has 104 valence electrons. The largest absolute Gasteiger partial charge is 0.323 e. The Hall–Kier alpha value is -2.59. The lowest BCUT2D eigenvalue weighted by Gasteiger charge is -2.08. The van der Waals surface area contributed by atoms with Gasteiger partial charge in [-0.25, -0.2) is 4.79 Å². The van der Waals surface area contributed by atoms with Crippen molar-refractivity contribution >= 4 is 39.9 Å². The molecule has 0 radical (unpaired) electrons. The van der Waals surface area contributed by atoms with E-state index in [1.807, 2.05) is 30.3 Å². The Morgan fingerprint density at radius 1 is 0.952 bits per heavy atom. The second kappa shape index (κ2) is 5.81. The first kappa shape index (κ1) is 13.4. The highest BCUT2D eigenvalue weighted by molar-refractivity contribution is 6.30. The Morgan fingerprint density at radius 3 is 2.62 bits per heavy atom. The topological polar surface area (TPSA) is 54.0 Å². The van der Waals surface area contributed by atoms with Gasteiger partial charge in [-0.2, -0.15) is 0 Å². The summed E-state index contributed by atoms with van der Waals surface area (Å²) in [5, 5.41) is 7.00. The summed E-state index contributed by atoms with van der Waals surface area (Å²) in [6, 6.07) is 16.2. The molecule has 0 aliphatic heterocycles. The summed E-state index contributed by atoms with van der Waals surface area (Å²) in [7, 11) is 0. The number of amides is 2. The van der Waals surface area contributed by atoms with Gasteiger partial charge in [-0.05, 0) is 30.3 Å². The zero-order valence-electron chi connectivity index (χ0n) is 11.0. The van der Waals surface area contributed by atoms with Crippen molar-refractivity contribution in [2.24, 2.45) is 0 Å². The number of carbonyl (C=O) groups excluding carboxylic acids is 1. The molecule has 0 bridgehead atoms. The summed E-state index contributed by atoms with van der Waals surface area (Å²) in [5.74, 6) is 0. The number of aromatic nitrogens is 1. The lowest BCUT2D eigenvalue weighted by molar-refractivity contribution is 0.262. The number of hydrogen-bond donors (Lipinski definition) is 2. The first-order valence-corrected chi connectivity index (χ1v) is 6.77. The van der Waals surface area contributed by atoms with Gasteiger partial charge in [0, 0.05) is 16.1 Å². The summed E-state index contributed by atoms with van der Waals surface area (Å²) in [6.07, 6.45) is 1.62. The summed E-state index contributed by atoms with van der Waals surface area (Å²) >= 11 is 5.87. The monoisotopic (exact) mass is 297 g/mol. The number of benzene rings is 2. The fraction of sp³-hybridized carbons (Fsp3) is 0. The molecule has 0 saturated carbocycles. The third-order valence-electron chi connectivity index (χ3n) is 2.93. The molecule has 2 amide bonds. The van der Waals surface area contributed by atoms with Gasteiger partial charge in [-0.1, -0.05) is 35.9 Å². The number of para-hydroxylation sites is 1. The number of rotatable bonds is 2. The first-order valence-electron chi connectivity index (χ1n) is 6.39. The van der Waals surface area contributed by atoms with Gasteiger partial charge >= 0.3 is 6.03 Å². The van der Waals surface area contributed by atoms with E-state index in [2.05, 4.69) is 15.6 Å². The van der Waals surface area contributed by atoms with E-state index in [0.29, 0.717) is 16.4 Å². The fourth-order valence-corrected chi connectivity index (χ4v) is 2.19. The van der Waals surface area contributed by atoms with Crippen molar-refractivity contribution in [2.75, 3.05) is 10.6 Å². The number of pyridine rings is 1. The lowest BCUT2D eigenvalue weighted by atomic mass is 10.2. The predicted molar refractivity (Wildman–Crippen MR) is 85.8 cm³/mol. The highest BCUT2D eigenvalue weighted by Crippen LogP contribution is 2.17. The Bertz CT molecular complexity index is 804. The van der Waals surface area contributed by atoms with E-state index in [0.717, 1.165) is 10.9 Å². The Morgan fingerprint density at radius 2 is 1.76 bits per heavy atom. The van der Waals surface area contributed by atoms with Crippen LogP contribution in [0.1, 0.15) is 0 Å². The van der Waals surface area contributed by atoms with Crippen LogP contribution in [0.2, 0.25) is 5.02 Å². The average molecular weight is 298 g/mol. The molecule has 0 aliphatic rings. The van der Waals surface area contributed by atoms with E-state index in [4.69, 9.17) is 11.6 Å². The molecule has 1 aromatic heterocycles. The summed E-state index contributed by atoms with van der Waals surface area (Å²) in [6.45, 7) is 0. The van der Waals surface area contributed by atoms with Crippen molar-refractivity contribution in [3.63, 3.8) is 0 Å². The molecule has 3 rings (SSSR count). The standard InChI is InChI=1S/C16H12ClN3O/c17-12-5-3-6-13(9-12)19-16(21)20-14-8-11-4-1-2-7-15(11)18-10-14/h1-10H,(H2,19,20,21). The van der Waals surface area contributed by atoms with Gasteiger partial charge in [0.15, 0.2) is 0 Å². The maximum Gasteiger partial charge on any atom is 0.323 e. The molecule has 21 heavy (non-hydrogen) atoms. The number of anilines is 2. The van der Waals surface area contributed by atoms with Crippen LogP contribution >= 0.6 is 11.6 Å². The number of hydrogen-bond acceptors (Lipinski definition) is 2. The second-order valence-electron chi connectivity index (χ2n) is 4.51. The maximum atomic E-state index is 11.9. The molecule has 3 aromatic rings. The summed E-state index contributed by atoms with van der Waals surface area (Å²) in [5.41, 5.74) is 2.15.